The molecular formula is C15H20F4N2. The number of hydrogen-bond acceptors (Lipinski definition) is 2. The van der Waals surface area contributed by atoms with Crippen molar-refractivity contribution in [3.63, 3.8) is 0 Å². The summed E-state index contributed by atoms with van der Waals surface area (Å²) in [5.74, 6) is -0.448. The standard InChI is InChI=1S/C15H20F4N2/c1-10-3-2-6-21(9-10)14(8-20)12-5-4-11(16)7-13(12)15(17,18)19/h4-5,7,10,14H,2-3,6,8-9,20H2,1H3. The van der Waals surface area contributed by atoms with Crippen LogP contribution in [-0.4, -0.2) is 24.5 Å². The molecule has 2 nitrogen and oxygen atoms in total. The Morgan fingerprint density at radius 3 is 2.67 bits per heavy atom. The number of benzene rings is 1. The number of rotatable bonds is 3. The minimum absolute atomic E-state index is 0.0699. The molecule has 6 heteroatoms. The first-order chi connectivity index (χ1) is 9.82. The Hall–Kier alpha value is -1.14. The van der Waals surface area contributed by atoms with E-state index in [2.05, 4.69) is 6.92 Å². The molecule has 1 fully saturated rings. The van der Waals surface area contributed by atoms with Crippen molar-refractivity contribution in [1.29, 1.82) is 0 Å². The van der Waals surface area contributed by atoms with Crippen LogP contribution in [-0.2, 0) is 6.18 Å². The number of halogens is 4. The summed E-state index contributed by atoms with van der Waals surface area (Å²) < 4.78 is 52.6. The molecule has 2 N–H and O–H groups in total. The van der Waals surface area contributed by atoms with Crippen LogP contribution in [0.3, 0.4) is 0 Å². The summed E-state index contributed by atoms with van der Waals surface area (Å²) in [6.45, 7) is 3.61. The highest BCUT2D eigenvalue weighted by Gasteiger charge is 2.37. The monoisotopic (exact) mass is 304 g/mol. The van der Waals surface area contributed by atoms with E-state index in [-0.39, 0.29) is 12.1 Å². The van der Waals surface area contributed by atoms with Gasteiger partial charge in [-0.15, -0.1) is 0 Å². The molecule has 1 aromatic carbocycles. The van der Waals surface area contributed by atoms with Crippen molar-refractivity contribution in [2.24, 2.45) is 11.7 Å². The highest BCUT2D eigenvalue weighted by atomic mass is 19.4. The molecule has 0 spiro atoms. The maximum Gasteiger partial charge on any atom is 0.416 e. The lowest BCUT2D eigenvalue weighted by molar-refractivity contribution is -0.139. The predicted octanol–water partition coefficient (Wildman–Crippen LogP) is 3.58. The van der Waals surface area contributed by atoms with Crippen molar-refractivity contribution in [3.8, 4) is 0 Å². The summed E-state index contributed by atoms with van der Waals surface area (Å²) in [7, 11) is 0. The van der Waals surface area contributed by atoms with Gasteiger partial charge in [0.2, 0.25) is 0 Å². The molecule has 2 unspecified atom stereocenters. The first-order valence-corrected chi connectivity index (χ1v) is 7.13. The lowest BCUT2D eigenvalue weighted by atomic mass is 9.93. The van der Waals surface area contributed by atoms with Gasteiger partial charge in [-0.25, -0.2) is 4.39 Å². The van der Waals surface area contributed by atoms with Crippen LogP contribution < -0.4 is 5.73 Å². The predicted molar refractivity (Wildman–Crippen MR) is 73.2 cm³/mol. The van der Waals surface area contributed by atoms with Crippen LogP contribution >= 0.6 is 0 Å². The van der Waals surface area contributed by atoms with Gasteiger partial charge in [0.1, 0.15) is 5.82 Å². The van der Waals surface area contributed by atoms with Crippen molar-refractivity contribution in [2.45, 2.75) is 32.0 Å². The summed E-state index contributed by atoms with van der Waals surface area (Å²) >= 11 is 0. The molecule has 2 rings (SSSR count). The Morgan fingerprint density at radius 2 is 2.10 bits per heavy atom. The molecule has 1 aromatic rings. The molecular weight excluding hydrogens is 284 g/mol. The number of likely N-dealkylation sites (tertiary alicyclic amines) is 1. The van der Waals surface area contributed by atoms with Crippen molar-refractivity contribution in [1.82, 2.24) is 4.90 Å². The van der Waals surface area contributed by atoms with Gasteiger partial charge in [0, 0.05) is 19.1 Å². The molecule has 1 aliphatic rings. The normalized spacial score (nSPS) is 22.3. The summed E-state index contributed by atoms with van der Waals surface area (Å²) in [6.07, 6.45) is -2.56. The van der Waals surface area contributed by atoms with E-state index < -0.39 is 23.6 Å². The third kappa shape index (κ3) is 3.74. The maximum atomic E-state index is 13.2. The zero-order chi connectivity index (χ0) is 15.6. The van der Waals surface area contributed by atoms with Crippen LogP contribution in [0.1, 0.15) is 36.9 Å². The molecule has 1 saturated heterocycles. The van der Waals surface area contributed by atoms with E-state index in [9.17, 15) is 17.6 Å². The Kier molecular flexibility index (Phi) is 4.88. The lowest BCUT2D eigenvalue weighted by Crippen LogP contribution is -2.41. The van der Waals surface area contributed by atoms with Gasteiger partial charge in [-0.3, -0.25) is 4.90 Å². The first kappa shape index (κ1) is 16.2. The molecule has 118 valence electrons. The maximum absolute atomic E-state index is 13.2. The van der Waals surface area contributed by atoms with Gasteiger partial charge in [0.05, 0.1) is 5.56 Å². The highest BCUT2D eigenvalue weighted by Crippen LogP contribution is 2.37. The molecule has 2 atom stereocenters. The zero-order valence-corrected chi connectivity index (χ0v) is 12.0. The van der Waals surface area contributed by atoms with Gasteiger partial charge in [0.25, 0.3) is 0 Å². The molecule has 0 aliphatic carbocycles. The summed E-state index contributed by atoms with van der Waals surface area (Å²) in [4.78, 5) is 1.98. The van der Waals surface area contributed by atoms with Crippen LogP contribution in [0, 0.1) is 11.7 Å². The molecule has 0 bridgehead atoms. The van der Waals surface area contributed by atoms with Gasteiger partial charge in [0.15, 0.2) is 0 Å². The Labute approximate surface area is 121 Å². The van der Waals surface area contributed by atoms with Crippen LogP contribution in [0.25, 0.3) is 0 Å². The summed E-state index contributed by atoms with van der Waals surface area (Å²) in [5, 5.41) is 0. The highest BCUT2D eigenvalue weighted by molar-refractivity contribution is 5.33. The minimum Gasteiger partial charge on any atom is -0.329 e. The SMILES string of the molecule is CC1CCCN(C(CN)c2ccc(F)cc2C(F)(F)F)C1. The van der Waals surface area contributed by atoms with Crippen molar-refractivity contribution < 1.29 is 17.6 Å². The second-order valence-corrected chi connectivity index (χ2v) is 5.72. The lowest BCUT2D eigenvalue weighted by Gasteiger charge is -2.37. The number of nitrogens with two attached hydrogens (primary N) is 1. The second kappa shape index (κ2) is 6.32. The van der Waals surface area contributed by atoms with Crippen LogP contribution in [0.4, 0.5) is 17.6 Å². The number of piperidine rings is 1. The largest absolute Gasteiger partial charge is 0.416 e. The van der Waals surface area contributed by atoms with E-state index in [1.165, 1.54) is 6.07 Å². The van der Waals surface area contributed by atoms with E-state index in [0.29, 0.717) is 12.0 Å². The molecule has 0 amide bonds. The van der Waals surface area contributed by atoms with Crippen molar-refractivity contribution >= 4 is 0 Å². The number of nitrogens with zero attached hydrogens (tertiary/aromatic N) is 1. The average molecular weight is 304 g/mol. The number of alkyl halides is 3. The van der Waals surface area contributed by atoms with Crippen LogP contribution in [0.2, 0.25) is 0 Å². The van der Waals surface area contributed by atoms with E-state index in [0.717, 1.165) is 32.0 Å². The molecule has 21 heavy (non-hydrogen) atoms. The summed E-state index contributed by atoms with van der Waals surface area (Å²) in [5.41, 5.74) is 4.88. The van der Waals surface area contributed by atoms with E-state index in [1.807, 2.05) is 4.90 Å². The fourth-order valence-electron chi connectivity index (χ4n) is 3.05. The van der Waals surface area contributed by atoms with Crippen molar-refractivity contribution in [2.75, 3.05) is 19.6 Å². The van der Waals surface area contributed by atoms with Gasteiger partial charge in [-0.05, 0) is 43.0 Å². The van der Waals surface area contributed by atoms with Gasteiger partial charge < -0.3 is 5.73 Å². The average Bonchev–Trinajstić information content (AvgIpc) is 2.40. The quantitative estimate of drug-likeness (QED) is 0.865. The van der Waals surface area contributed by atoms with Gasteiger partial charge in [-0.1, -0.05) is 13.0 Å². The van der Waals surface area contributed by atoms with Gasteiger partial charge in [-0.2, -0.15) is 13.2 Å². The first-order valence-electron chi connectivity index (χ1n) is 7.13. The van der Waals surface area contributed by atoms with Crippen molar-refractivity contribution in [3.05, 3.63) is 35.1 Å². The molecule has 0 radical (unpaired) electrons. The topological polar surface area (TPSA) is 29.3 Å². The van der Waals surface area contributed by atoms with Crippen LogP contribution in [0.5, 0.6) is 0 Å². The summed E-state index contributed by atoms with van der Waals surface area (Å²) in [6, 6.07) is 2.32. The Bertz CT molecular complexity index is 487. The molecule has 0 saturated carbocycles. The fraction of sp³-hybridized carbons (Fsp3) is 0.600. The molecule has 1 aliphatic heterocycles. The number of hydrogen-bond donors (Lipinski definition) is 1. The molecule has 0 aromatic heterocycles. The van der Waals surface area contributed by atoms with Crippen LogP contribution in [0.15, 0.2) is 18.2 Å². The third-order valence-electron chi connectivity index (χ3n) is 4.03. The van der Waals surface area contributed by atoms with Gasteiger partial charge >= 0.3 is 6.18 Å². The second-order valence-electron chi connectivity index (χ2n) is 5.72. The Balaban J connectivity index is 2.38. The Morgan fingerprint density at radius 1 is 1.38 bits per heavy atom. The third-order valence-corrected chi connectivity index (χ3v) is 4.03. The van der Waals surface area contributed by atoms with E-state index >= 15 is 0 Å². The fourth-order valence-corrected chi connectivity index (χ4v) is 3.05. The zero-order valence-electron chi connectivity index (χ0n) is 12.0. The molecule has 1 heterocycles. The van der Waals surface area contributed by atoms with E-state index in [1.54, 1.807) is 0 Å². The smallest absolute Gasteiger partial charge is 0.329 e. The minimum atomic E-state index is -4.58. The van der Waals surface area contributed by atoms with E-state index in [4.69, 9.17) is 5.73 Å².